The molecule has 6 heteroatoms. The second-order valence-electron chi connectivity index (χ2n) is 4.79. The molecule has 106 valence electrons. The van der Waals surface area contributed by atoms with Crippen LogP contribution in [0, 0.1) is 0 Å². The third-order valence-electron chi connectivity index (χ3n) is 3.46. The highest BCUT2D eigenvalue weighted by Crippen LogP contribution is 2.25. The van der Waals surface area contributed by atoms with Gasteiger partial charge in [-0.3, -0.25) is 0 Å². The zero-order valence-electron chi connectivity index (χ0n) is 11.2. The van der Waals surface area contributed by atoms with Gasteiger partial charge < -0.3 is 0 Å². The van der Waals surface area contributed by atoms with Crippen LogP contribution >= 0.6 is 22.9 Å². The van der Waals surface area contributed by atoms with Crippen molar-refractivity contribution in [3.8, 4) is 0 Å². The van der Waals surface area contributed by atoms with Gasteiger partial charge in [0.15, 0.2) is 0 Å². The van der Waals surface area contributed by atoms with Crippen molar-refractivity contribution in [2.24, 2.45) is 0 Å². The van der Waals surface area contributed by atoms with E-state index in [2.05, 4.69) is 26.0 Å². The topological polar surface area (TPSA) is 40.6 Å². The van der Waals surface area contributed by atoms with Crippen LogP contribution in [0.25, 0.3) is 0 Å². The summed E-state index contributed by atoms with van der Waals surface area (Å²) in [7, 11) is -3.37. The second kappa shape index (κ2) is 6.07. The fraction of sp³-hybridized carbons (Fsp3) is 0.538. The van der Waals surface area contributed by atoms with Crippen LogP contribution in [0.5, 0.6) is 0 Å². The average molecular weight is 394 g/mol. The summed E-state index contributed by atoms with van der Waals surface area (Å²) in [6.45, 7) is 6.06. The van der Waals surface area contributed by atoms with Crippen molar-refractivity contribution in [3.05, 3.63) is 29.8 Å². The monoisotopic (exact) mass is 394 g/mol. The zero-order valence-corrected chi connectivity index (χ0v) is 14.2. The molecule has 1 aromatic carbocycles. The van der Waals surface area contributed by atoms with Crippen molar-refractivity contribution in [2.75, 3.05) is 19.6 Å². The minimum atomic E-state index is -3.37. The predicted molar refractivity (Wildman–Crippen MR) is 84.8 cm³/mol. The molecule has 1 aliphatic rings. The lowest BCUT2D eigenvalue weighted by Crippen LogP contribution is -2.51. The normalized spacial score (nSPS) is 22.6. The Balaban J connectivity index is 2.37. The number of hydrogen-bond donors (Lipinski definition) is 0. The number of rotatable bonds is 3. The van der Waals surface area contributed by atoms with Gasteiger partial charge in [0.25, 0.3) is 0 Å². The first-order chi connectivity index (χ1) is 8.96. The van der Waals surface area contributed by atoms with Gasteiger partial charge in [-0.1, -0.05) is 25.1 Å². The van der Waals surface area contributed by atoms with Crippen molar-refractivity contribution in [1.82, 2.24) is 7.42 Å². The van der Waals surface area contributed by atoms with Crippen LogP contribution in [0.3, 0.4) is 0 Å². The minimum absolute atomic E-state index is 0.0144. The summed E-state index contributed by atoms with van der Waals surface area (Å²) < 4.78 is 29.4. The van der Waals surface area contributed by atoms with E-state index in [0.717, 1.165) is 25.1 Å². The van der Waals surface area contributed by atoms with E-state index in [9.17, 15) is 8.42 Å². The SMILES string of the molecule is CCc1ccccc1S(=O)(=O)N1CCN(I)CC1C. The third-order valence-corrected chi connectivity index (χ3v) is 6.45. The Morgan fingerprint density at radius 3 is 2.63 bits per heavy atom. The molecule has 4 nitrogen and oxygen atoms in total. The van der Waals surface area contributed by atoms with Crippen LogP contribution in [0.2, 0.25) is 0 Å². The molecule has 2 rings (SSSR count). The lowest BCUT2D eigenvalue weighted by atomic mass is 10.2. The lowest BCUT2D eigenvalue weighted by molar-refractivity contribution is 0.236. The molecule has 19 heavy (non-hydrogen) atoms. The van der Waals surface area contributed by atoms with E-state index < -0.39 is 10.0 Å². The number of hydrogen-bond acceptors (Lipinski definition) is 3. The van der Waals surface area contributed by atoms with Crippen LogP contribution < -0.4 is 0 Å². The molecule has 1 aliphatic heterocycles. The van der Waals surface area contributed by atoms with Gasteiger partial charge in [-0.25, -0.2) is 11.5 Å². The first-order valence-electron chi connectivity index (χ1n) is 6.47. The Morgan fingerprint density at radius 1 is 1.32 bits per heavy atom. The molecule has 1 heterocycles. The van der Waals surface area contributed by atoms with E-state index in [4.69, 9.17) is 0 Å². The van der Waals surface area contributed by atoms with Crippen molar-refractivity contribution in [1.29, 1.82) is 0 Å². The highest BCUT2D eigenvalue weighted by Gasteiger charge is 2.33. The van der Waals surface area contributed by atoms with Gasteiger partial charge in [0.2, 0.25) is 10.0 Å². The maximum Gasteiger partial charge on any atom is 0.243 e. The molecule has 0 N–H and O–H groups in total. The van der Waals surface area contributed by atoms with Gasteiger partial charge in [-0.05, 0) is 25.0 Å². The lowest BCUT2D eigenvalue weighted by Gasteiger charge is -2.36. The Morgan fingerprint density at radius 2 is 2.00 bits per heavy atom. The van der Waals surface area contributed by atoms with Crippen LogP contribution in [-0.2, 0) is 16.4 Å². The van der Waals surface area contributed by atoms with Crippen LogP contribution in [-0.4, -0.2) is 41.5 Å². The van der Waals surface area contributed by atoms with E-state index in [-0.39, 0.29) is 6.04 Å². The Hall–Kier alpha value is -0.180. The first kappa shape index (κ1) is 15.2. The maximum atomic E-state index is 12.8. The second-order valence-corrected chi connectivity index (χ2v) is 8.02. The molecule has 1 aromatic rings. The van der Waals surface area contributed by atoms with Gasteiger partial charge >= 0.3 is 0 Å². The third kappa shape index (κ3) is 3.12. The summed E-state index contributed by atoms with van der Waals surface area (Å²) in [4.78, 5) is 0.464. The van der Waals surface area contributed by atoms with Gasteiger partial charge in [-0.15, -0.1) is 0 Å². The molecular formula is C13H19IN2O2S. The summed E-state index contributed by atoms with van der Waals surface area (Å²) in [5, 5.41) is 0. The van der Waals surface area contributed by atoms with E-state index in [1.807, 2.05) is 26.0 Å². The fourth-order valence-corrected chi connectivity index (χ4v) is 5.12. The number of sulfonamides is 1. The van der Waals surface area contributed by atoms with Crippen molar-refractivity contribution < 1.29 is 8.42 Å². The molecule has 1 fully saturated rings. The summed E-state index contributed by atoms with van der Waals surface area (Å²) >= 11 is 2.25. The molecule has 0 spiro atoms. The van der Waals surface area contributed by atoms with Gasteiger partial charge in [-0.2, -0.15) is 4.31 Å². The molecule has 0 aromatic heterocycles. The highest BCUT2D eigenvalue weighted by molar-refractivity contribution is 14.1. The standard InChI is InChI=1S/C13H19IN2O2S/c1-3-12-6-4-5-7-13(12)19(17,18)16-9-8-15(14)10-11(16)2/h4-7,11H,3,8-10H2,1-2H3. The van der Waals surface area contributed by atoms with E-state index in [1.165, 1.54) is 0 Å². The maximum absolute atomic E-state index is 12.8. The number of nitrogens with zero attached hydrogens (tertiary/aromatic N) is 2. The Labute approximate surface area is 129 Å². The Bertz CT molecular complexity index is 547. The summed E-state index contributed by atoms with van der Waals surface area (Å²) in [6, 6.07) is 7.32. The highest BCUT2D eigenvalue weighted by atomic mass is 127. The zero-order chi connectivity index (χ0) is 14.0. The van der Waals surface area contributed by atoms with Gasteiger partial charge in [0.05, 0.1) is 4.90 Å². The number of halogens is 1. The summed E-state index contributed by atoms with van der Waals surface area (Å²) in [5.74, 6) is 0. The van der Waals surface area contributed by atoms with Gasteiger partial charge in [0, 0.05) is 48.5 Å². The largest absolute Gasteiger partial charge is 0.245 e. The molecule has 0 radical (unpaired) electrons. The Kier molecular flexibility index (Phi) is 4.86. The van der Waals surface area contributed by atoms with Crippen LogP contribution in [0.1, 0.15) is 19.4 Å². The van der Waals surface area contributed by atoms with E-state index >= 15 is 0 Å². The molecule has 0 bridgehead atoms. The molecule has 0 aliphatic carbocycles. The van der Waals surface area contributed by atoms with Crippen molar-refractivity contribution in [3.63, 3.8) is 0 Å². The number of aryl methyl sites for hydroxylation is 1. The van der Waals surface area contributed by atoms with E-state index in [1.54, 1.807) is 16.4 Å². The minimum Gasteiger partial charge on any atom is -0.245 e. The molecule has 1 unspecified atom stereocenters. The van der Waals surface area contributed by atoms with Crippen LogP contribution in [0.4, 0.5) is 0 Å². The van der Waals surface area contributed by atoms with E-state index in [0.29, 0.717) is 11.4 Å². The summed E-state index contributed by atoms with van der Waals surface area (Å²) in [5.41, 5.74) is 0.895. The molecule has 1 atom stereocenters. The molecular weight excluding hydrogens is 375 g/mol. The van der Waals surface area contributed by atoms with Crippen molar-refractivity contribution >= 4 is 32.9 Å². The number of benzene rings is 1. The first-order valence-corrected chi connectivity index (χ1v) is 8.87. The average Bonchev–Trinajstić information content (AvgIpc) is 2.38. The predicted octanol–water partition coefficient (Wildman–Crippen LogP) is 2.29. The van der Waals surface area contributed by atoms with Gasteiger partial charge in [0.1, 0.15) is 0 Å². The van der Waals surface area contributed by atoms with Crippen LogP contribution in [0.15, 0.2) is 29.2 Å². The molecule has 0 amide bonds. The molecule has 1 saturated heterocycles. The molecule has 0 saturated carbocycles. The fourth-order valence-electron chi connectivity index (χ4n) is 2.43. The van der Waals surface area contributed by atoms with Crippen molar-refractivity contribution in [2.45, 2.75) is 31.2 Å². The smallest absolute Gasteiger partial charge is 0.243 e. The number of piperazine rings is 1. The summed E-state index contributed by atoms with van der Waals surface area (Å²) in [6.07, 6.45) is 0.732. The quantitative estimate of drug-likeness (QED) is 0.584.